The van der Waals surface area contributed by atoms with Gasteiger partial charge in [-0.15, -0.1) is 0 Å². The molecule has 4 heteroatoms. The van der Waals surface area contributed by atoms with E-state index in [1.165, 1.54) is 11.8 Å². The van der Waals surface area contributed by atoms with Gasteiger partial charge >= 0.3 is 0 Å². The minimum Gasteiger partial charge on any atom is -0.236 e. The summed E-state index contributed by atoms with van der Waals surface area (Å²) in [7, 11) is 0. The Labute approximate surface area is 98.5 Å². The molecule has 0 aliphatic rings. The highest BCUT2D eigenvalue weighted by atomic mass is 32.2. The zero-order valence-corrected chi connectivity index (χ0v) is 9.74. The number of thioether (sulfide) groups is 1. The minimum absolute atomic E-state index is 0.0432. The van der Waals surface area contributed by atoms with E-state index >= 15 is 0 Å². The van der Waals surface area contributed by atoms with Crippen LogP contribution in [0.5, 0.6) is 0 Å². The van der Waals surface area contributed by atoms with Crippen molar-refractivity contribution in [3.05, 3.63) is 30.6 Å². The molecule has 1 aromatic heterocycles. The summed E-state index contributed by atoms with van der Waals surface area (Å²) in [4.78, 5) is 8.44. The molecule has 80 valence electrons. The van der Waals surface area contributed by atoms with Gasteiger partial charge in [-0.25, -0.2) is 9.97 Å². The van der Waals surface area contributed by atoms with Gasteiger partial charge in [-0.1, -0.05) is 36.9 Å². The Hall–Kier alpha value is -1.60. The summed E-state index contributed by atoms with van der Waals surface area (Å²) in [6, 6.07) is 10.1. The fraction of sp³-hybridized carbons (Fsp3) is 0.250. The zero-order chi connectivity index (χ0) is 11.4. The summed E-state index contributed by atoms with van der Waals surface area (Å²) in [6.45, 7) is 2.00. The Morgan fingerprint density at radius 3 is 2.94 bits per heavy atom. The predicted molar refractivity (Wildman–Crippen MR) is 65.1 cm³/mol. The summed E-state index contributed by atoms with van der Waals surface area (Å²) in [5.74, 6) is 0. The molecule has 0 fully saturated rings. The average molecular weight is 229 g/mol. The van der Waals surface area contributed by atoms with Gasteiger partial charge in [-0.05, 0) is 12.5 Å². The van der Waals surface area contributed by atoms with Gasteiger partial charge in [0, 0.05) is 5.39 Å². The molecule has 1 atom stereocenters. The molecule has 0 radical (unpaired) electrons. The number of hydrogen-bond acceptors (Lipinski definition) is 4. The van der Waals surface area contributed by atoms with Crippen molar-refractivity contribution in [2.24, 2.45) is 0 Å². The maximum absolute atomic E-state index is 8.95. The van der Waals surface area contributed by atoms with Crippen LogP contribution in [-0.4, -0.2) is 15.2 Å². The van der Waals surface area contributed by atoms with Crippen LogP contribution < -0.4 is 0 Å². The number of aromatic nitrogens is 2. The molecule has 0 saturated heterocycles. The number of nitrogens with zero attached hydrogens (tertiary/aromatic N) is 3. The molecule has 1 unspecified atom stereocenters. The first-order valence-electron chi connectivity index (χ1n) is 5.11. The highest BCUT2D eigenvalue weighted by Crippen LogP contribution is 2.28. The van der Waals surface area contributed by atoms with E-state index in [1.54, 1.807) is 6.33 Å². The number of nitriles is 1. The molecule has 1 heterocycles. The minimum atomic E-state index is -0.0432. The average Bonchev–Trinajstić information content (AvgIpc) is 2.36. The maximum Gasteiger partial charge on any atom is 0.117 e. The number of hydrogen-bond donors (Lipinski definition) is 0. The predicted octanol–water partition coefficient (Wildman–Crippen LogP) is 3.02. The van der Waals surface area contributed by atoms with Crippen LogP contribution >= 0.6 is 11.8 Å². The van der Waals surface area contributed by atoms with Crippen LogP contribution in [-0.2, 0) is 0 Å². The van der Waals surface area contributed by atoms with Gasteiger partial charge in [0.1, 0.15) is 11.4 Å². The normalized spacial score (nSPS) is 12.2. The van der Waals surface area contributed by atoms with Crippen molar-refractivity contribution >= 4 is 22.7 Å². The van der Waals surface area contributed by atoms with Crippen LogP contribution in [0, 0.1) is 11.3 Å². The highest BCUT2D eigenvalue weighted by molar-refractivity contribution is 8.00. The molecule has 16 heavy (non-hydrogen) atoms. The lowest BCUT2D eigenvalue weighted by molar-refractivity contribution is 0.977. The first kappa shape index (κ1) is 10.9. The van der Waals surface area contributed by atoms with Crippen molar-refractivity contribution in [3.8, 4) is 6.07 Å². The molecule has 0 saturated carbocycles. The molecule has 0 bridgehead atoms. The Morgan fingerprint density at radius 2 is 2.19 bits per heavy atom. The SMILES string of the molecule is CCC(C#N)Sc1ncnc2ccccc12. The number of rotatable bonds is 3. The van der Waals surface area contributed by atoms with E-state index in [2.05, 4.69) is 16.0 Å². The first-order valence-corrected chi connectivity index (χ1v) is 5.99. The van der Waals surface area contributed by atoms with Gasteiger partial charge in [0.25, 0.3) is 0 Å². The first-order chi connectivity index (χ1) is 7.85. The number of benzene rings is 1. The standard InChI is InChI=1S/C12H11N3S/c1-2-9(7-13)16-12-10-5-3-4-6-11(10)14-8-15-12/h3-6,8-9H,2H2,1H3. The van der Waals surface area contributed by atoms with Crippen LogP contribution in [0.3, 0.4) is 0 Å². The second kappa shape index (κ2) is 4.95. The Bertz CT molecular complexity index is 528. The van der Waals surface area contributed by atoms with Crippen molar-refractivity contribution in [2.75, 3.05) is 0 Å². The highest BCUT2D eigenvalue weighted by Gasteiger charge is 2.10. The van der Waals surface area contributed by atoms with Crippen molar-refractivity contribution in [2.45, 2.75) is 23.6 Å². The molecule has 0 aliphatic carbocycles. The summed E-state index contributed by atoms with van der Waals surface area (Å²) in [6.07, 6.45) is 2.37. The third-order valence-corrected chi connectivity index (χ3v) is 3.55. The second-order valence-electron chi connectivity index (χ2n) is 3.34. The third kappa shape index (κ3) is 2.15. The molecule has 2 rings (SSSR count). The Balaban J connectivity index is 2.41. The molecular weight excluding hydrogens is 218 g/mol. The van der Waals surface area contributed by atoms with Gasteiger partial charge in [-0.2, -0.15) is 5.26 Å². The molecule has 3 nitrogen and oxygen atoms in total. The zero-order valence-electron chi connectivity index (χ0n) is 8.92. The van der Waals surface area contributed by atoms with Crippen LogP contribution in [0.1, 0.15) is 13.3 Å². The van der Waals surface area contributed by atoms with Gasteiger partial charge in [-0.3, -0.25) is 0 Å². The smallest absolute Gasteiger partial charge is 0.117 e. The molecule has 0 amide bonds. The monoisotopic (exact) mass is 229 g/mol. The van der Waals surface area contributed by atoms with Crippen LogP contribution in [0.15, 0.2) is 35.6 Å². The van der Waals surface area contributed by atoms with Crippen molar-refractivity contribution in [1.29, 1.82) is 5.26 Å². The second-order valence-corrected chi connectivity index (χ2v) is 4.53. The van der Waals surface area contributed by atoms with Gasteiger partial charge in [0.15, 0.2) is 0 Å². The fourth-order valence-electron chi connectivity index (χ4n) is 1.41. The summed E-state index contributed by atoms with van der Waals surface area (Å²) in [5.41, 5.74) is 0.924. The lowest BCUT2D eigenvalue weighted by Gasteiger charge is -2.06. The molecule has 0 N–H and O–H groups in total. The lowest BCUT2D eigenvalue weighted by Crippen LogP contribution is -1.97. The van der Waals surface area contributed by atoms with E-state index in [9.17, 15) is 0 Å². The van der Waals surface area contributed by atoms with Crippen LogP contribution in [0.25, 0.3) is 10.9 Å². The Kier molecular flexibility index (Phi) is 3.37. The quantitative estimate of drug-likeness (QED) is 0.599. The van der Waals surface area contributed by atoms with Crippen molar-refractivity contribution in [1.82, 2.24) is 9.97 Å². The largest absolute Gasteiger partial charge is 0.236 e. The van der Waals surface area contributed by atoms with Crippen LogP contribution in [0.4, 0.5) is 0 Å². The molecular formula is C12H11N3S. The number of fused-ring (bicyclic) bond motifs is 1. The molecule has 0 spiro atoms. The molecule has 0 aliphatic heterocycles. The van der Waals surface area contributed by atoms with E-state index < -0.39 is 0 Å². The molecule has 2 aromatic rings. The van der Waals surface area contributed by atoms with Crippen molar-refractivity contribution < 1.29 is 0 Å². The lowest BCUT2D eigenvalue weighted by atomic mass is 10.2. The van der Waals surface area contributed by atoms with E-state index in [1.807, 2.05) is 31.2 Å². The van der Waals surface area contributed by atoms with Crippen molar-refractivity contribution in [3.63, 3.8) is 0 Å². The summed E-state index contributed by atoms with van der Waals surface area (Å²) in [5, 5.41) is 10.8. The Morgan fingerprint density at radius 1 is 1.38 bits per heavy atom. The summed E-state index contributed by atoms with van der Waals surface area (Å²) < 4.78 is 0. The fourth-order valence-corrected chi connectivity index (χ4v) is 2.31. The van der Waals surface area contributed by atoms with Gasteiger partial charge in [0.2, 0.25) is 0 Å². The maximum atomic E-state index is 8.95. The van der Waals surface area contributed by atoms with E-state index in [0.717, 1.165) is 22.3 Å². The third-order valence-electron chi connectivity index (χ3n) is 2.27. The van der Waals surface area contributed by atoms with Crippen LogP contribution in [0.2, 0.25) is 0 Å². The summed E-state index contributed by atoms with van der Waals surface area (Å²) >= 11 is 1.51. The number of para-hydroxylation sites is 1. The van der Waals surface area contributed by atoms with E-state index in [-0.39, 0.29) is 5.25 Å². The van der Waals surface area contributed by atoms with Gasteiger partial charge in [0.05, 0.1) is 16.8 Å². The molecule has 1 aromatic carbocycles. The van der Waals surface area contributed by atoms with E-state index in [0.29, 0.717) is 0 Å². The topological polar surface area (TPSA) is 49.6 Å². The van der Waals surface area contributed by atoms with Gasteiger partial charge < -0.3 is 0 Å². The van der Waals surface area contributed by atoms with E-state index in [4.69, 9.17) is 5.26 Å².